The molecule has 1 atom stereocenters. The van der Waals surface area contributed by atoms with Crippen molar-refractivity contribution in [3.8, 4) is 0 Å². The number of rotatable bonds is 6. The molecule has 5 nitrogen and oxygen atoms in total. The van der Waals surface area contributed by atoms with Gasteiger partial charge in [0.15, 0.2) is 0 Å². The summed E-state index contributed by atoms with van der Waals surface area (Å²) < 4.78 is 47.4. The van der Waals surface area contributed by atoms with Crippen LogP contribution in [0.1, 0.15) is 31.2 Å². The van der Waals surface area contributed by atoms with E-state index in [9.17, 15) is 23.1 Å². The van der Waals surface area contributed by atoms with Crippen LogP contribution in [0.3, 0.4) is 0 Å². The van der Waals surface area contributed by atoms with Gasteiger partial charge in [-0.2, -0.15) is 13.2 Å². The number of benzene rings is 1. The second-order valence-electron chi connectivity index (χ2n) is 6.60. The van der Waals surface area contributed by atoms with E-state index in [0.717, 1.165) is 30.3 Å². The number of ether oxygens (including phenoxy) is 1. The fourth-order valence-electron chi connectivity index (χ4n) is 3.19. The Balaban J connectivity index is 2.02. The van der Waals surface area contributed by atoms with Gasteiger partial charge in [-0.3, -0.25) is 0 Å². The normalized spacial score (nSPS) is 17.8. The zero-order chi connectivity index (χ0) is 20.4. The minimum absolute atomic E-state index is 0.107. The van der Waals surface area contributed by atoms with Crippen molar-refractivity contribution in [2.45, 2.75) is 38.0 Å². The molecule has 1 aliphatic heterocycles. The first-order valence-corrected chi connectivity index (χ1v) is 9.83. The molecule has 1 N–H and O–H groups in total. The summed E-state index contributed by atoms with van der Waals surface area (Å²) in [6.45, 7) is 2.79. The summed E-state index contributed by atoms with van der Waals surface area (Å²) in [5.74, 6) is -0.724. The second kappa shape index (κ2) is 8.08. The monoisotopic (exact) mass is 414 g/mol. The SMILES string of the molecule is CCOC(=O)/C=C(/CC(O)(c1nc2ccccc2s1)C(F)(F)F)N1CCCC1. The van der Waals surface area contributed by atoms with Crippen molar-refractivity contribution in [2.75, 3.05) is 19.7 Å². The number of halogens is 3. The van der Waals surface area contributed by atoms with Gasteiger partial charge in [0, 0.05) is 31.3 Å². The Hall–Kier alpha value is -2.13. The quantitative estimate of drug-likeness (QED) is 0.572. The van der Waals surface area contributed by atoms with Gasteiger partial charge in [0.1, 0.15) is 5.01 Å². The Morgan fingerprint density at radius 2 is 2.00 bits per heavy atom. The third kappa shape index (κ3) is 4.15. The number of alkyl halides is 3. The van der Waals surface area contributed by atoms with Crippen molar-refractivity contribution in [1.82, 2.24) is 9.88 Å². The molecule has 1 aliphatic rings. The van der Waals surface area contributed by atoms with Crippen LogP contribution >= 0.6 is 11.3 Å². The lowest BCUT2D eigenvalue weighted by atomic mass is 9.96. The number of esters is 1. The number of aliphatic hydroxyl groups is 1. The van der Waals surface area contributed by atoms with Gasteiger partial charge in [-0.05, 0) is 31.9 Å². The summed E-state index contributed by atoms with van der Waals surface area (Å²) in [6, 6.07) is 6.63. The fourth-order valence-corrected chi connectivity index (χ4v) is 4.26. The Bertz CT molecular complexity index is 842. The largest absolute Gasteiger partial charge is 0.463 e. The molecule has 9 heteroatoms. The highest BCUT2D eigenvalue weighted by molar-refractivity contribution is 7.18. The minimum Gasteiger partial charge on any atom is -0.463 e. The summed E-state index contributed by atoms with van der Waals surface area (Å²) in [6.07, 6.45) is -3.08. The molecule has 0 saturated carbocycles. The number of hydrogen-bond donors (Lipinski definition) is 1. The number of thiazole rings is 1. The summed E-state index contributed by atoms with van der Waals surface area (Å²) in [4.78, 5) is 17.7. The number of hydrogen-bond acceptors (Lipinski definition) is 6. The third-order valence-corrected chi connectivity index (χ3v) is 5.82. The smallest absolute Gasteiger partial charge is 0.424 e. The van der Waals surface area contributed by atoms with Crippen LogP contribution in [0.4, 0.5) is 13.2 Å². The molecule has 2 heterocycles. The summed E-state index contributed by atoms with van der Waals surface area (Å²) >= 11 is 0.802. The first kappa shape index (κ1) is 20.6. The van der Waals surface area contributed by atoms with Crippen LogP contribution in [0, 0.1) is 0 Å². The predicted octanol–water partition coefficient (Wildman–Crippen LogP) is 3.98. The van der Waals surface area contributed by atoms with Gasteiger partial charge in [0.2, 0.25) is 5.60 Å². The molecule has 1 aromatic carbocycles. The lowest BCUT2D eigenvalue weighted by Gasteiger charge is -2.32. The Morgan fingerprint density at radius 3 is 2.61 bits per heavy atom. The van der Waals surface area contributed by atoms with Crippen molar-refractivity contribution < 1.29 is 27.8 Å². The molecular formula is C19H21F3N2O3S. The van der Waals surface area contributed by atoms with E-state index in [4.69, 9.17) is 4.74 Å². The van der Waals surface area contributed by atoms with E-state index in [1.54, 1.807) is 36.1 Å². The summed E-state index contributed by atoms with van der Waals surface area (Å²) in [7, 11) is 0. The average Bonchev–Trinajstić information content (AvgIpc) is 3.30. The number of carbonyl (C=O) groups excluding carboxylic acids is 1. The van der Waals surface area contributed by atoms with Crippen molar-refractivity contribution in [3.63, 3.8) is 0 Å². The van der Waals surface area contributed by atoms with Gasteiger partial charge in [-0.1, -0.05) is 12.1 Å². The molecule has 1 saturated heterocycles. The number of likely N-dealkylation sites (tertiary alicyclic amines) is 1. The average molecular weight is 414 g/mol. The number of fused-ring (bicyclic) bond motifs is 1. The van der Waals surface area contributed by atoms with Crippen LogP contribution in [0.15, 0.2) is 36.0 Å². The third-order valence-electron chi connectivity index (χ3n) is 4.64. The highest BCUT2D eigenvalue weighted by atomic mass is 32.1. The molecule has 0 spiro atoms. The van der Waals surface area contributed by atoms with E-state index >= 15 is 0 Å². The summed E-state index contributed by atoms with van der Waals surface area (Å²) in [5, 5.41) is 10.4. The zero-order valence-corrected chi connectivity index (χ0v) is 16.1. The van der Waals surface area contributed by atoms with Gasteiger partial charge >= 0.3 is 12.1 Å². The Morgan fingerprint density at radius 1 is 1.32 bits per heavy atom. The molecule has 0 bridgehead atoms. The van der Waals surface area contributed by atoms with Gasteiger partial charge in [-0.15, -0.1) is 11.3 Å². The van der Waals surface area contributed by atoms with Crippen LogP contribution < -0.4 is 0 Å². The molecule has 0 radical (unpaired) electrons. The molecule has 1 aromatic heterocycles. The van der Waals surface area contributed by atoms with Crippen LogP contribution in [-0.4, -0.2) is 46.8 Å². The lowest BCUT2D eigenvalue weighted by molar-refractivity contribution is -0.267. The van der Waals surface area contributed by atoms with E-state index in [1.807, 2.05) is 0 Å². The highest BCUT2D eigenvalue weighted by Gasteiger charge is 2.57. The van der Waals surface area contributed by atoms with Crippen molar-refractivity contribution in [2.24, 2.45) is 0 Å². The van der Waals surface area contributed by atoms with Crippen LogP contribution in [0.25, 0.3) is 10.2 Å². The van der Waals surface area contributed by atoms with E-state index in [2.05, 4.69) is 4.98 Å². The van der Waals surface area contributed by atoms with Crippen LogP contribution in [-0.2, 0) is 15.1 Å². The first-order chi connectivity index (χ1) is 13.2. The molecule has 0 aliphatic carbocycles. The second-order valence-corrected chi connectivity index (χ2v) is 7.63. The Kier molecular flexibility index (Phi) is 5.95. The lowest BCUT2D eigenvalue weighted by Crippen LogP contribution is -2.44. The zero-order valence-electron chi connectivity index (χ0n) is 15.3. The molecule has 3 rings (SSSR count). The molecule has 1 unspecified atom stereocenters. The number of nitrogens with zero attached hydrogens (tertiary/aromatic N) is 2. The molecule has 0 amide bonds. The van der Waals surface area contributed by atoms with Crippen LogP contribution in [0.2, 0.25) is 0 Å². The first-order valence-electron chi connectivity index (χ1n) is 9.02. The standard InChI is InChI=1S/C19H21F3N2O3S/c1-2-27-16(25)11-13(24-9-5-6-10-24)12-18(26,19(20,21)22)17-23-14-7-3-4-8-15(14)28-17/h3-4,7-8,11,26H,2,5-6,9-10,12H2,1H3/b13-11-. The van der Waals surface area contributed by atoms with Crippen molar-refractivity contribution in [1.29, 1.82) is 0 Å². The van der Waals surface area contributed by atoms with E-state index in [0.29, 0.717) is 23.3 Å². The van der Waals surface area contributed by atoms with Gasteiger partial charge in [0.05, 0.1) is 16.8 Å². The molecule has 2 aromatic rings. The molecule has 28 heavy (non-hydrogen) atoms. The van der Waals surface area contributed by atoms with Crippen molar-refractivity contribution >= 4 is 27.5 Å². The molecular weight excluding hydrogens is 393 g/mol. The topological polar surface area (TPSA) is 62.7 Å². The number of para-hydroxylation sites is 1. The van der Waals surface area contributed by atoms with Crippen LogP contribution in [0.5, 0.6) is 0 Å². The number of aromatic nitrogens is 1. The predicted molar refractivity (Wildman–Crippen MR) is 99.7 cm³/mol. The maximum atomic E-state index is 14.0. The van der Waals surface area contributed by atoms with Gasteiger partial charge < -0.3 is 14.7 Å². The van der Waals surface area contributed by atoms with E-state index in [-0.39, 0.29) is 12.3 Å². The maximum absolute atomic E-state index is 14.0. The van der Waals surface area contributed by atoms with Crippen molar-refractivity contribution in [3.05, 3.63) is 41.0 Å². The summed E-state index contributed by atoms with van der Waals surface area (Å²) in [5.41, 5.74) is -2.70. The minimum atomic E-state index is -4.96. The molecule has 1 fully saturated rings. The van der Waals surface area contributed by atoms with Gasteiger partial charge in [0.25, 0.3) is 0 Å². The highest BCUT2D eigenvalue weighted by Crippen LogP contribution is 2.46. The van der Waals surface area contributed by atoms with E-state index < -0.39 is 29.2 Å². The Labute approximate surface area is 164 Å². The molecule has 152 valence electrons. The van der Waals surface area contributed by atoms with Gasteiger partial charge in [-0.25, -0.2) is 9.78 Å². The number of carbonyl (C=O) groups is 1. The van der Waals surface area contributed by atoms with E-state index in [1.165, 1.54) is 0 Å². The maximum Gasteiger partial charge on any atom is 0.424 e. The fraction of sp³-hybridized carbons (Fsp3) is 0.474.